The van der Waals surface area contributed by atoms with Crippen molar-refractivity contribution in [1.82, 2.24) is 0 Å². The highest BCUT2D eigenvalue weighted by Crippen LogP contribution is 2.34. The van der Waals surface area contributed by atoms with E-state index in [2.05, 4.69) is 13.8 Å². The molecule has 90 valence electrons. The summed E-state index contributed by atoms with van der Waals surface area (Å²) in [6.45, 7) is 4.38. The topological polar surface area (TPSA) is 35.2 Å². The van der Waals surface area contributed by atoms with Gasteiger partial charge in [-0.25, -0.2) is 0 Å². The fourth-order valence-corrected chi connectivity index (χ4v) is 3.07. The van der Waals surface area contributed by atoms with E-state index >= 15 is 0 Å². The quantitative estimate of drug-likeness (QED) is 0.761. The van der Waals surface area contributed by atoms with Gasteiger partial charge in [0.05, 0.1) is 5.60 Å². The first-order valence-electron chi connectivity index (χ1n) is 6.51. The molecule has 0 aromatic rings. The zero-order valence-corrected chi connectivity index (χ0v) is 10.6. The summed E-state index contributed by atoms with van der Waals surface area (Å²) in [5, 5.41) is 0. The van der Waals surface area contributed by atoms with Crippen molar-refractivity contribution < 1.29 is 4.74 Å². The highest BCUT2D eigenvalue weighted by molar-refractivity contribution is 4.94. The Balaban J connectivity index is 2.65. The molecule has 2 heteroatoms. The van der Waals surface area contributed by atoms with E-state index in [9.17, 15) is 0 Å². The first-order chi connectivity index (χ1) is 7.20. The van der Waals surface area contributed by atoms with Gasteiger partial charge in [0.2, 0.25) is 0 Å². The number of nitrogens with two attached hydrogens (primary N) is 1. The van der Waals surface area contributed by atoms with E-state index in [0.29, 0.717) is 5.92 Å². The molecule has 0 aromatic carbocycles. The van der Waals surface area contributed by atoms with Gasteiger partial charge in [-0.15, -0.1) is 0 Å². The molecule has 0 spiro atoms. The lowest BCUT2D eigenvalue weighted by molar-refractivity contribution is -0.0557. The van der Waals surface area contributed by atoms with Crippen molar-refractivity contribution in [1.29, 1.82) is 0 Å². The Hall–Kier alpha value is -0.0800. The molecule has 0 saturated heterocycles. The third-order valence-corrected chi connectivity index (χ3v) is 4.37. The molecule has 0 aromatic heterocycles. The highest BCUT2D eigenvalue weighted by atomic mass is 16.5. The van der Waals surface area contributed by atoms with Gasteiger partial charge in [0, 0.05) is 13.2 Å². The van der Waals surface area contributed by atoms with Crippen LogP contribution in [0.5, 0.6) is 0 Å². The molecule has 0 heterocycles. The van der Waals surface area contributed by atoms with E-state index < -0.39 is 0 Å². The van der Waals surface area contributed by atoms with Gasteiger partial charge in [0.1, 0.15) is 0 Å². The lowest BCUT2D eigenvalue weighted by Gasteiger charge is -2.41. The zero-order valence-electron chi connectivity index (χ0n) is 10.6. The molecule has 0 aliphatic heterocycles. The number of hydrogen-bond acceptors (Lipinski definition) is 2. The van der Waals surface area contributed by atoms with Crippen LogP contribution in [0.25, 0.3) is 0 Å². The van der Waals surface area contributed by atoms with E-state index in [-0.39, 0.29) is 11.6 Å². The number of rotatable bonds is 5. The van der Waals surface area contributed by atoms with Crippen molar-refractivity contribution in [2.45, 2.75) is 70.4 Å². The Morgan fingerprint density at radius 1 is 1.20 bits per heavy atom. The standard InChI is InChI=1S/C13H27NO/c1-4-13(5-2,15-3)12(14)11-9-7-6-8-10-11/h11-12H,4-10,14H2,1-3H3. The molecule has 1 atom stereocenters. The maximum Gasteiger partial charge on any atom is 0.0826 e. The van der Waals surface area contributed by atoms with Crippen molar-refractivity contribution in [3.63, 3.8) is 0 Å². The van der Waals surface area contributed by atoms with Gasteiger partial charge in [-0.1, -0.05) is 33.1 Å². The third kappa shape index (κ3) is 2.73. The molecule has 0 bridgehead atoms. The molecular formula is C13H27NO. The van der Waals surface area contributed by atoms with Crippen LogP contribution in [0.4, 0.5) is 0 Å². The summed E-state index contributed by atoms with van der Waals surface area (Å²) in [5.74, 6) is 0.679. The fourth-order valence-electron chi connectivity index (χ4n) is 3.07. The molecule has 1 aliphatic carbocycles. The van der Waals surface area contributed by atoms with E-state index in [1.54, 1.807) is 0 Å². The minimum absolute atomic E-state index is 0.0813. The van der Waals surface area contributed by atoms with Gasteiger partial charge in [0.25, 0.3) is 0 Å². The highest BCUT2D eigenvalue weighted by Gasteiger charge is 2.38. The van der Waals surface area contributed by atoms with Crippen molar-refractivity contribution >= 4 is 0 Å². The molecule has 1 unspecified atom stereocenters. The Morgan fingerprint density at radius 3 is 2.13 bits per heavy atom. The van der Waals surface area contributed by atoms with Crippen LogP contribution in [0, 0.1) is 5.92 Å². The Kier molecular flexibility index (Phi) is 5.07. The smallest absolute Gasteiger partial charge is 0.0826 e. The number of methoxy groups -OCH3 is 1. The molecule has 1 aliphatic rings. The van der Waals surface area contributed by atoms with Crippen LogP contribution < -0.4 is 5.73 Å². The van der Waals surface area contributed by atoms with Crippen molar-refractivity contribution in [3.05, 3.63) is 0 Å². The van der Waals surface area contributed by atoms with Crippen LogP contribution in [-0.4, -0.2) is 18.8 Å². The van der Waals surface area contributed by atoms with E-state index in [0.717, 1.165) is 12.8 Å². The van der Waals surface area contributed by atoms with Crippen LogP contribution in [-0.2, 0) is 4.74 Å². The van der Waals surface area contributed by atoms with Crippen LogP contribution in [0.15, 0.2) is 0 Å². The molecule has 0 amide bonds. The molecule has 0 radical (unpaired) electrons. The van der Waals surface area contributed by atoms with Crippen LogP contribution in [0.2, 0.25) is 0 Å². The molecule has 1 saturated carbocycles. The Bertz CT molecular complexity index is 163. The van der Waals surface area contributed by atoms with Crippen LogP contribution in [0.1, 0.15) is 58.8 Å². The third-order valence-electron chi connectivity index (χ3n) is 4.37. The molecular weight excluding hydrogens is 186 g/mol. The lowest BCUT2D eigenvalue weighted by atomic mass is 9.75. The van der Waals surface area contributed by atoms with Gasteiger partial charge in [-0.3, -0.25) is 0 Å². The number of hydrogen-bond donors (Lipinski definition) is 1. The molecule has 1 fully saturated rings. The molecule has 15 heavy (non-hydrogen) atoms. The van der Waals surface area contributed by atoms with E-state index in [1.165, 1.54) is 32.1 Å². The molecule has 2 N–H and O–H groups in total. The fraction of sp³-hybridized carbons (Fsp3) is 1.00. The molecule has 2 nitrogen and oxygen atoms in total. The second-order valence-corrected chi connectivity index (χ2v) is 4.90. The van der Waals surface area contributed by atoms with Gasteiger partial charge in [0.15, 0.2) is 0 Å². The maximum absolute atomic E-state index is 6.43. The summed E-state index contributed by atoms with van der Waals surface area (Å²) in [4.78, 5) is 0. The average Bonchev–Trinajstić information content (AvgIpc) is 2.33. The van der Waals surface area contributed by atoms with Crippen molar-refractivity contribution in [2.24, 2.45) is 11.7 Å². The normalized spacial score (nSPS) is 21.6. The van der Waals surface area contributed by atoms with Gasteiger partial charge < -0.3 is 10.5 Å². The van der Waals surface area contributed by atoms with Gasteiger partial charge in [-0.2, -0.15) is 0 Å². The summed E-state index contributed by atoms with van der Waals surface area (Å²) in [7, 11) is 1.82. The van der Waals surface area contributed by atoms with Crippen LogP contribution in [0.3, 0.4) is 0 Å². The van der Waals surface area contributed by atoms with E-state index in [4.69, 9.17) is 10.5 Å². The lowest BCUT2D eigenvalue weighted by Crippen LogP contribution is -2.53. The summed E-state index contributed by atoms with van der Waals surface area (Å²) in [6.07, 6.45) is 8.74. The average molecular weight is 213 g/mol. The van der Waals surface area contributed by atoms with Gasteiger partial charge >= 0.3 is 0 Å². The minimum atomic E-state index is -0.0813. The predicted molar refractivity (Wildman–Crippen MR) is 64.9 cm³/mol. The Morgan fingerprint density at radius 2 is 1.73 bits per heavy atom. The Labute approximate surface area is 94.6 Å². The first kappa shape index (κ1) is 13.0. The van der Waals surface area contributed by atoms with Crippen LogP contribution >= 0.6 is 0 Å². The van der Waals surface area contributed by atoms with Crippen molar-refractivity contribution in [3.8, 4) is 0 Å². The molecule has 1 rings (SSSR count). The SMILES string of the molecule is CCC(CC)(OC)C(N)C1CCCCC1. The van der Waals surface area contributed by atoms with E-state index in [1.807, 2.05) is 7.11 Å². The van der Waals surface area contributed by atoms with Crippen molar-refractivity contribution in [2.75, 3.05) is 7.11 Å². The second-order valence-electron chi connectivity index (χ2n) is 4.90. The first-order valence-corrected chi connectivity index (χ1v) is 6.51. The summed E-state index contributed by atoms with van der Waals surface area (Å²) in [5.41, 5.74) is 6.35. The second kappa shape index (κ2) is 5.86. The minimum Gasteiger partial charge on any atom is -0.377 e. The maximum atomic E-state index is 6.43. The largest absolute Gasteiger partial charge is 0.377 e. The summed E-state index contributed by atoms with van der Waals surface area (Å²) in [6, 6.07) is 0.220. The predicted octanol–water partition coefficient (Wildman–Crippen LogP) is 3.10. The van der Waals surface area contributed by atoms with Gasteiger partial charge in [-0.05, 0) is 31.6 Å². The summed E-state index contributed by atoms with van der Waals surface area (Å²) >= 11 is 0. The zero-order chi connectivity index (χ0) is 11.3. The summed E-state index contributed by atoms with van der Waals surface area (Å²) < 4.78 is 5.73. The number of ether oxygens (including phenoxy) is 1. The monoisotopic (exact) mass is 213 g/mol.